The first kappa shape index (κ1) is 13.7. The lowest BCUT2D eigenvalue weighted by Crippen LogP contribution is -2.03. The molecule has 0 aliphatic carbocycles. The van der Waals surface area contributed by atoms with Gasteiger partial charge in [-0.2, -0.15) is 0 Å². The van der Waals surface area contributed by atoms with E-state index in [2.05, 4.69) is 17.2 Å². The number of aryl methyl sites for hydroxylation is 1. The SMILES string of the molecule is CCCCCCCCc1cnc(CNC)s1. The van der Waals surface area contributed by atoms with Crippen LogP contribution in [0.25, 0.3) is 0 Å². The van der Waals surface area contributed by atoms with E-state index in [1.165, 1.54) is 54.8 Å². The van der Waals surface area contributed by atoms with Crippen molar-refractivity contribution < 1.29 is 0 Å². The molecule has 0 aromatic carbocycles. The third kappa shape index (κ3) is 5.61. The molecule has 1 aromatic rings. The van der Waals surface area contributed by atoms with E-state index >= 15 is 0 Å². The monoisotopic (exact) mass is 240 g/mol. The van der Waals surface area contributed by atoms with Crippen LogP contribution >= 0.6 is 11.3 Å². The molecule has 0 saturated carbocycles. The molecule has 1 aromatic heterocycles. The molecular formula is C13H24N2S. The van der Waals surface area contributed by atoms with Crippen LogP contribution in [0.2, 0.25) is 0 Å². The highest BCUT2D eigenvalue weighted by Gasteiger charge is 2.00. The second kappa shape index (κ2) is 8.71. The minimum absolute atomic E-state index is 0.904. The Kier molecular flexibility index (Phi) is 7.43. The molecule has 0 radical (unpaired) electrons. The molecule has 1 heterocycles. The van der Waals surface area contributed by atoms with Crippen molar-refractivity contribution in [2.45, 2.75) is 58.4 Å². The second-order valence-electron chi connectivity index (χ2n) is 4.27. The molecule has 0 amide bonds. The molecule has 0 bridgehead atoms. The Balaban J connectivity index is 2.07. The quantitative estimate of drug-likeness (QED) is 0.665. The van der Waals surface area contributed by atoms with E-state index < -0.39 is 0 Å². The third-order valence-electron chi connectivity index (χ3n) is 2.71. The lowest BCUT2D eigenvalue weighted by atomic mass is 10.1. The van der Waals surface area contributed by atoms with E-state index in [0.29, 0.717) is 0 Å². The zero-order valence-electron chi connectivity index (χ0n) is 10.6. The highest BCUT2D eigenvalue weighted by molar-refractivity contribution is 7.11. The lowest BCUT2D eigenvalue weighted by molar-refractivity contribution is 0.609. The van der Waals surface area contributed by atoms with E-state index in [1.807, 2.05) is 24.6 Å². The van der Waals surface area contributed by atoms with Gasteiger partial charge in [-0.3, -0.25) is 0 Å². The highest BCUT2D eigenvalue weighted by atomic mass is 32.1. The van der Waals surface area contributed by atoms with Crippen LogP contribution in [0.5, 0.6) is 0 Å². The summed E-state index contributed by atoms with van der Waals surface area (Å²) in [5, 5.41) is 4.35. The van der Waals surface area contributed by atoms with Gasteiger partial charge in [0.05, 0.1) is 0 Å². The molecule has 0 aliphatic heterocycles. The number of aromatic nitrogens is 1. The number of hydrogen-bond acceptors (Lipinski definition) is 3. The lowest BCUT2D eigenvalue weighted by Gasteiger charge is -1.98. The maximum absolute atomic E-state index is 4.39. The van der Waals surface area contributed by atoms with Gasteiger partial charge >= 0.3 is 0 Å². The zero-order valence-corrected chi connectivity index (χ0v) is 11.4. The van der Waals surface area contributed by atoms with Crippen molar-refractivity contribution in [3.63, 3.8) is 0 Å². The van der Waals surface area contributed by atoms with Crippen molar-refractivity contribution in [3.8, 4) is 0 Å². The average Bonchev–Trinajstić information content (AvgIpc) is 2.72. The normalized spacial score (nSPS) is 10.9. The molecule has 0 fully saturated rings. The Labute approximate surface area is 103 Å². The summed E-state index contributed by atoms with van der Waals surface area (Å²) in [6, 6.07) is 0. The summed E-state index contributed by atoms with van der Waals surface area (Å²) in [6.07, 6.45) is 11.5. The van der Waals surface area contributed by atoms with Crippen LogP contribution in [0.15, 0.2) is 6.20 Å². The summed E-state index contributed by atoms with van der Waals surface area (Å²) in [5.41, 5.74) is 0. The minimum atomic E-state index is 0.904. The van der Waals surface area contributed by atoms with Gasteiger partial charge in [0.2, 0.25) is 0 Å². The Bertz CT molecular complexity index is 271. The maximum atomic E-state index is 4.39. The molecule has 1 rings (SSSR count). The number of nitrogens with one attached hydrogen (secondary N) is 1. The molecule has 92 valence electrons. The Morgan fingerprint density at radius 2 is 1.94 bits per heavy atom. The predicted octanol–water partition coefficient (Wildman–Crippen LogP) is 3.77. The largest absolute Gasteiger partial charge is 0.314 e. The van der Waals surface area contributed by atoms with Crippen LogP contribution in [-0.4, -0.2) is 12.0 Å². The topological polar surface area (TPSA) is 24.9 Å². The smallest absolute Gasteiger partial charge is 0.107 e. The number of unbranched alkanes of at least 4 members (excludes halogenated alkanes) is 5. The molecule has 0 aliphatic rings. The van der Waals surface area contributed by atoms with Gasteiger partial charge in [-0.15, -0.1) is 11.3 Å². The predicted molar refractivity (Wildman–Crippen MR) is 72.0 cm³/mol. The van der Waals surface area contributed by atoms with Crippen molar-refractivity contribution >= 4 is 11.3 Å². The van der Waals surface area contributed by atoms with Gasteiger partial charge < -0.3 is 5.32 Å². The van der Waals surface area contributed by atoms with E-state index in [-0.39, 0.29) is 0 Å². The maximum Gasteiger partial charge on any atom is 0.107 e. The average molecular weight is 240 g/mol. The summed E-state index contributed by atoms with van der Waals surface area (Å²) >= 11 is 1.85. The molecule has 2 nitrogen and oxygen atoms in total. The standard InChI is InChI=1S/C13H24N2S/c1-3-4-5-6-7-8-9-12-10-15-13(16-12)11-14-2/h10,14H,3-9,11H2,1-2H3. The van der Waals surface area contributed by atoms with Gasteiger partial charge in [0.25, 0.3) is 0 Å². The number of hydrogen-bond donors (Lipinski definition) is 1. The third-order valence-corrected chi connectivity index (χ3v) is 3.76. The Morgan fingerprint density at radius 1 is 1.19 bits per heavy atom. The fourth-order valence-corrected chi connectivity index (χ4v) is 2.75. The van der Waals surface area contributed by atoms with Gasteiger partial charge in [-0.1, -0.05) is 39.0 Å². The molecule has 0 unspecified atom stereocenters. The Morgan fingerprint density at radius 3 is 2.69 bits per heavy atom. The molecule has 0 spiro atoms. The number of rotatable bonds is 9. The van der Waals surface area contributed by atoms with Crippen molar-refractivity contribution in [1.82, 2.24) is 10.3 Å². The summed E-state index contributed by atoms with van der Waals surface area (Å²) in [6.45, 7) is 3.17. The van der Waals surface area contributed by atoms with Crippen LogP contribution in [-0.2, 0) is 13.0 Å². The molecular weight excluding hydrogens is 216 g/mol. The summed E-state index contributed by atoms with van der Waals surface area (Å²) < 4.78 is 0. The van der Waals surface area contributed by atoms with Crippen LogP contribution in [0.4, 0.5) is 0 Å². The van der Waals surface area contributed by atoms with E-state index in [1.54, 1.807) is 0 Å². The van der Waals surface area contributed by atoms with Crippen LogP contribution in [0.1, 0.15) is 55.3 Å². The van der Waals surface area contributed by atoms with Gasteiger partial charge in [-0.05, 0) is 19.9 Å². The van der Waals surface area contributed by atoms with Crippen LogP contribution < -0.4 is 5.32 Å². The van der Waals surface area contributed by atoms with Gasteiger partial charge in [0.15, 0.2) is 0 Å². The first-order valence-electron chi connectivity index (χ1n) is 6.45. The molecule has 16 heavy (non-hydrogen) atoms. The molecule has 1 N–H and O–H groups in total. The van der Waals surface area contributed by atoms with Crippen molar-refractivity contribution in [2.75, 3.05) is 7.05 Å². The first-order chi connectivity index (χ1) is 7.86. The fraction of sp³-hybridized carbons (Fsp3) is 0.769. The minimum Gasteiger partial charge on any atom is -0.314 e. The second-order valence-corrected chi connectivity index (χ2v) is 5.47. The van der Waals surface area contributed by atoms with Gasteiger partial charge in [0, 0.05) is 17.6 Å². The first-order valence-corrected chi connectivity index (χ1v) is 7.26. The van der Waals surface area contributed by atoms with E-state index in [4.69, 9.17) is 0 Å². The zero-order chi connectivity index (χ0) is 11.6. The highest BCUT2D eigenvalue weighted by Crippen LogP contribution is 2.16. The van der Waals surface area contributed by atoms with Crippen LogP contribution in [0.3, 0.4) is 0 Å². The van der Waals surface area contributed by atoms with Crippen molar-refractivity contribution in [3.05, 3.63) is 16.1 Å². The summed E-state index contributed by atoms with van der Waals surface area (Å²) in [5.74, 6) is 0. The van der Waals surface area contributed by atoms with Gasteiger partial charge in [0.1, 0.15) is 5.01 Å². The van der Waals surface area contributed by atoms with Gasteiger partial charge in [-0.25, -0.2) is 4.98 Å². The van der Waals surface area contributed by atoms with E-state index in [9.17, 15) is 0 Å². The summed E-state index contributed by atoms with van der Waals surface area (Å²) in [4.78, 5) is 5.84. The number of nitrogens with zero attached hydrogens (tertiary/aromatic N) is 1. The number of thiazole rings is 1. The Hall–Kier alpha value is -0.410. The summed E-state index contributed by atoms with van der Waals surface area (Å²) in [7, 11) is 1.97. The van der Waals surface area contributed by atoms with Crippen LogP contribution in [0, 0.1) is 0 Å². The van der Waals surface area contributed by atoms with Crippen molar-refractivity contribution in [2.24, 2.45) is 0 Å². The fourth-order valence-electron chi connectivity index (χ4n) is 1.78. The van der Waals surface area contributed by atoms with E-state index in [0.717, 1.165) is 6.54 Å². The van der Waals surface area contributed by atoms with Crippen molar-refractivity contribution in [1.29, 1.82) is 0 Å². The molecule has 3 heteroatoms. The molecule has 0 saturated heterocycles. The molecule has 0 atom stereocenters.